The molecule has 0 rings (SSSR count). The largest absolute Gasteiger partial charge is 0.462 e. The van der Waals surface area contributed by atoms with Crippen molar-refractivity contribution in [3.05, 3.63) is 134 Å². The molecule has 444 valence electrons. The molecule has 0 aromatic rings. The molecule has 0 bridgehead atoms. The van der Waals surface area contributed by atoms with Gasteiger partial charge in [0.25, 0.3) is 0 Å². The summed E-state index contributed by atoms with van der Waals surface area (Å²) in [7, 11) is 0. The number of carbonyl (C=O) groups excluding carboxylic acids is 2. The van der Waals surface area contributed by atoms with Crippen LogP contribution >= 0.6 is 0 Å². The third-order valence-electron chi connectivity index (χ3n) is 13.9. The number of unbranched alkanes of at least 4 members (excludes halogenated alkanes) is 29. The Morgan fingerprint density at radius 2 is 0.513 bits per heavy atom. The summed E-state index contributed by atoms with van der Waals surface area (Å²) in [5.74, 6) is -0.589. The van der Waals surface area contributed by atoms with Gasteiger partial charge in [0.2, 0.25) is 0 Å². The predicted octanol–water partition coefficient (Wildman–Crippen LogP) is 22.8. The molecule has 78 heavy (non-hydrogen) atoms. The minimum Gasteiger partial charge on any atom is -0.462 e. The maximum absolute atomic E-state index is 12.4. The van der Waals surface area contributed by atoms with Gasteiger partial charge in [0.1, 0.15) is 6.61 Å². The first-order valence-corrected chi connectivity index (χ1v) is 32.7. The minimum atomic E-state index is -0.780. The highest BCUT2D eigenvalue weighted by Gasteiger charge is 2.16. The van der Waals surface area contributed by atoms with Gasteiger partial charge in [-0.1, -0.05) is 308 Å². The van der Waals surface area contributed by atoms with E-state index in [0.29, 0.717) is 12.8 Å². The molecule has 0 aromatic carbocycles. The van der Waals surface area contributed by atoms with Crippen molar-refractivity contribution in [1.29, 1.82) is 0 Å². The Labute approximate surface area is 483 Å². The number of hydrogen-bond donors (Lipinski definition) is 1. The summed E-state index contributed by atoms with van der Waals surface area (Å²) in [6.45, 7) is 3.93. The molecule has 0 aromatic heterocycles. The zero-order valence-electron chi connectivity index (χ0n) is 50.9. The van der Waals surface area contributed by atoms with Crippen LogP contribution in [0.2, 0.25) is 0 Å². The molecule has 0 heterocycles. The van der Waals surface area contributed by atoms with Gasteiger partial charge in [-0.3, -0.25) is 9.59 Å². The average molecular weight is 1080 g/mol. The van der Waals surface area contributed by atoms with E-state index in [0.717, 1.165) is 109 Å². The lowest BCUT2D eigenvalue weighted by Gasteiger charge is -2.15. The van der Waals surface area contributed by atoms with E-state index in [1.54, 1.807) is 0 Å². The van der Waals surface area contributed by atoms with Gasteiger partial charge in [-0.15, -0.1) is 0 Å². The summed E-state index contributed by atoms with van der Waals surface area (Å²) in [6, 6.07) is 0. The van der Waals surface area contributed by atoms with Crippen LogP contribution in [0.3, 0.4) is 0 Å². The predicted molar refractivity (Wildman–Crippen MR) is 343 cm³/mol. The number of aliphatic hydroxyl groups excluding tert-OH is 1. The van der Waals surface area contributed by atoms with Crippen molar-refractivity contribution in [1.82, 2.24) is 0 Å². The van der Waals surface area contributed by atoms with Crippen molar-refractivity contribution in [3.8, 4) is 0 Å². The van der Waals surface area contributed by atoms with Crippen LogP contribution in [-0.2, 0) is 19.1 Å². The fraction of sp³-hybridized carbons (Fsp3) is 0.671. The second-order valence-corrected chi connectivity index (χ2v) is 21.4. The summed E-state index contributed by atoms with van der Waals surface area (Å²) in [6.07, 6.45) is 100. The zero-order valence-corrected chi connectivity index (χ0v) is 50.9. The molecule has 0 aliphatic rings. The van der Waals surface area contributed by atoms with Gasteiger partial charge in [-0.25, -0.2) is 0 Å². The van der Waals surface area contributed by atoms with E-state index in [2.05, 4.69) is 148 Å². The molecule has 1 N–H and O–H groups in total. The molecular weight excluding hydrogens is 957 g/mol. The number of esters is 2. The van der Waals surface area contributed by atoms with Gasteiger partial charge >= 0.3 is 11.9 Å². The number of aliphatic hydroxyl groups is 1. The van der Waals surface area contributed by atoms with E-state index in [4.69, 9.17) is 9.47 Å². The van der Waals surface area contributed by atoms with Crippen molar-refractivity contribution in [2.75, 3.05) is 13.2 Å². The Hall–Kier alpha value is -3.96. The van der Waals surface area contributed by atoms with Crippen LogP contribution in [0.25, 0.3) is 0 Å². The number of rotatable bonds is 59. The smallest absolute Gasteiger partial charge is 0.306 e. The molecular formula is C73H122O5. The topological polar surface area (TPSA) is 72.8 Å². The molecule has 0 amide bonds. The second kappa shape index (κ2) is 67.3. The second-order valence-electron chi connectivity index (χ2n) is 21.4. The summed E-state index contributed by atoms with van der Waals surface area (Å²) in [5.41, 5.74) is 0. The monoisotopic (exact) mass is 1080 g/mol. The van der Waals surface area contributed by atoms with Crippen molar-refractivity contribution in [3.63, 3.8) is 0 Å². The summed E-state index contributed by atoms with van der Waals surface area (Å²) >= 11 is 0. The highest BCUT2D eigenvalue weighted by Crippen LogP contribution is 2.17. The summed E-state index contributed by atoms with van der Waals surface area (Å²) in [4.78, 5) is 24.6. The van der Waals surface area contributed by atoms with E-state index in [9.17, 15) is 14.7 Å². The molecule has 1 unspecified atom stereocenters. The first kappa shape index (κ1) is 74.0. The molecule has 5 heteroatoms. The molecule has 0 fully saturated rings. The van der Waals surface area contributed by atoms with Gasteiger partial charge in [-0.2, -0.15) is 0 Å². The van der Waals surface area contributed by atoms with Crippen molar-refractivity contribution in [2.45, 2.75) is 302 Å². The highest BCUT2D eigenvalue weighted by atomic mass is 16.6. The molecule has 0 aliphatic carbocycles. The molecule has 0 saturated carbocycles. The third-order valence-corrected chi connectivity index (χ3v) is 13.9. The van der Waals surface area contributed by atoms with E-state index in [1.807, 2.05) is 0 Å². The van der Waals surface area contributed by atoms with Gasteiger partial charge in [0, 0.05) is 12.8 Å². The number of carbonyl (C=O) groups is 2. The Balaban J connectivity index is 3.48. The fourth-order valence-electron chi connectivity index (χ4n) is 9.12. The van der Waals surface area contributed by atoms with Crippen LogP contribution in [-0.4, -0.2) is 36.4 Å². The van der Waals surface area contributed by atoms with E-state index >= 15 is 0 Å². The maximum atomic E-state index is 12.4. The van der Waals surface area contributed by atoms with Crippen LogP contribution in [0.4, 0.5) is 0 Å². The lowest BCUT2D eigenvalue weighted by molar-refractivity contribution is -0.161. The zero-order chi connectivity index (χ0) is 56.2. The fourth-order valence-corrected chi connectivity index (χ4v) is 9.12. The van der Waals surface area contributed by atoms with Gasteiger partial charge in [0.15, 0.2) is 6.10 Å². The SMILES string of the molecule is CC/C=C\C/C=C\C/C=C\C/C=C\C/C=C\C/C=C\C/C=C\CCCCCCCCCCCCCCCCCCCC(=O)OC(CO)COC(=O)CCCCCCCCCCCCCC/C=C\C/C=C\C/C=C\C/C=C\CC. The van der Waals surface area contributed by atoms with Crippen molar-refractivity contribution < 1.29 is 24.2 Å². The quantitative estimate of drug-likeness (QED) is 0.0373. The number of allylic oxidation sites excluding steroid dienone is 22. The lowest BCUT2D eigenvalue weighted by atomic mass is 10.0. The Bertz CT molecular complexity index is 1600. The molecule has 0 aliphatic heterocycles. The van der Waals surface area contributed by atoms with Crippen LogP contribution in [0.15, 0.2) is 134 Å². The molecule has 5 nitrogen and oxygen atoms in total. The number of ether oxygens (including phenoxy) is 2. The lowest BCUT2D eigenvalue weighted by Crippen LogP contribution is -2.28. The standard InChI is InChI=1S/C73H122O5/c1-3-5-7-9-11-13-15-17-19-21-23-25-27-29-30-31-32-33-34-35-36-37-38-39-40-41-42-44-46-48-50-52-54-56-58-60-62-64-66-68-73(76)78-71(69-74)70-77-72(75)67-65-63-61-59-57-55-53-51-49-47-45-43-28-26-24-22-20-18-16-14-12-10-8-6-4-2/h5-8,11-14,17-20,23-26,29-30,32-33,35-36,71,74H,3-4,9-10,15-16,21-22,27-28,31,34,37-70H2,1-2H3/b7-5-,8-6-,13-11-,14-12-,19-17-,20-18-,25-23-,26-24-,30-29-,33-32-,36-35-. The van der Waals surface area contributed by atoms with Crippen molar-refractivity contribution in [2.24, 2.45) is 0 Å². The third kappa shape index (κ3) is 64.6. The van der Waals surface area contributed by atoms with Crippen LogP contribution in [0.5, 0.6) is 0 Å². The summed E-state index contributed by atoms with van der Waals surface area (Å²) in [5, 5.41) is 9.69. The molecule has 0 radical (unpaired) electrons. The van der Waals surface area contributed by atoms with E-state index in [1.165, 1.54) is 161 Å². The van der Waals surface area contributed by atoms with Gasteiger partial charge in [-0.05, 0) is 109 Å². The first-order chi connectivity index (χ1) is 38.6. The summed E-state index contributed by atoms with van der Waals surface area (Å²) < 4.78 is 10.7. The molecule has 1 atom stereocenters. The highest BCUT2D eigenvalue weighted by molar-refractivity contribution is 5.70. The van der Waals surface area contributed by atoms with Gasteiger partial charge < -0.3 is 14.6 Å². The maximum Gasteiger partial charge on any atom is 0.306 e. The van der Waals surface area contributed by atoms with E-state index in [-0.39, 0.29) is 25.2 Å². The minimum absolute atomic E-state index is 0.0703. The Morgan fingerprint density at radius 3 is 0.769 bits per heavy atom. The van der Waals surface area contributed by atoms with Crippen LogP contribution < -0.4 is 0 Å². The number of hydrogen-bond acceptors (Lipinski definition) is 5. The normalized spacial score (nSPS) is 13.1. The molecule has 0 saturated heterocycles. The van der Waals surface area contributed by atoms with E-state index < -0.39 is 6.10 Å². The van der Waals surface area contributed by atoms with Crippen LogP contribution in [0.1, 0.15) is 296 Å². The first-order valence-electron chi connectivity index (χ1n) is 32.7. The Kier molecular flexibility index (Phi) is 63.9. The van der Waals surface area contributed by atoms with Crippen LogP contribution in [0, 0.1) is 0 Å². The average Bonchev–Trinajstić information content (AvgIpc) is 3.44. The Morgan fingerprint density at radius 1 is 0.295 bits per heavy atom. The van der Waals surface area contributed by atoms with Gasteiger partial charge in [0.05, 0.1) is 6.61 Å². The molecule has 0 spiro atoms. The van der Waals surface area contributed by atoms with Crippen molar-refractivity contribution >= 4 is 11.9 Å².